The minimum absolute atomic E-state index is 0.0206. The van der Waals surface area contributed by atoms with Gasteiger partial charge in [0.05, 0.1) is 5.75 Å². The fourth-order valence-corrected chi connectivity index (χ4v) is 3.19. The van der Waals surface area contributed by atoms with Gasteiger partial charge in [-0.1, -0.05) is 8.11 Å². The van der Waals surface area contributed by atoms with Gasteiger partial charge in [-0.15, -0.1) is 11.6 Å². The topological polar surface area (TPSA) is 101 Å². The Hall–Kier alpha value is -0.470. The van der Waals surface area contributed by atoms with Crippen LogP contribution in [0, 0.1) is 0 Å². The number of alkyl halides is 1. The monoisotopic (exact) mass is 262 g/mol. The van der Waals surface area contributed by atoms with E-state index >= 15 is 0 Å². The fraction of sp³-hybridized carbons (Fsp3) is 0.750. The predicted octanol–water partition coefficient (Wildman–Crippen LogP) is -0.933. The number of halogens is 1. The van der Waals surface area contributed by atoms with Gasteiger partial charge < -0.3 is 0 Å². The Morgan fingerprint density at radius 2 is 1.86 bits per heavy atom. The molecule has 0 unspecified atom stereocenters. The Bertz CT molecular complexity index is 434. The van der Waals surface area contributed by atoms with E-state index < -0.39 is 26.0 Å². The average Bonchev–Trinajstić information content (AvgIpc) is 2.02. The molecule has 0 aromatic rings. The lowest BCUT2D eigenvalue weighted by molar-refractivity contribution is 0.526. The van der Waals surface area contributed by atoms with Gasteiger partial charge in [0.25, 0.3) is 6.08 Å². The van der Waals surface area contributed by atoms with Gasteiger partial charge in [0.1, 0.15) is 0 Å². The molecular weight excluding hydrogens is 256 g/mol. The molecule has 0 aliphatic carbocycles. The third kappa shape index (κ3) is 3.35. The predicted molar refractivity (Wildman–Crippen MR) is 49.3 cm³/mol. The molecule has 0 heterocycles. The molecule has 0 rings (SSSR count). The van der Waals surface area contributed by atoms with Gasteiger partial charge in [-0.2, -0.15) is 8.42 Å². The minimum atomic E-state index is -4.50. The minimum Gasteiger partial charge on any atom is -0.211 e. The summed E-state index contributed by atoms with van der Waals surface area (Å²) >= 11 is 5.15. The number of carbonyl (C=O) groups excluding carboxylic acids is 1. The third-order valence-electron chi connectivity index (χ3n) is 1.20. The summed E-state index contributed by atoms with van der Waals surface area (Å²) in [5.74, 6) is -0.814. The summed E-state index contributed by atoms with van der Waals surface area (Å²) in [5, 5.41) is 0. The summed E-state index contributed by atoms with van der Waals surface area (Å²) in [6.07, 6.45) is 0.751. The van der Waals surface area contributed by atoms with Crippen LogP contribution in [-0.4, -0.2) is 45.3 Å². The van der Waals surface area contributed by atoms with E-state index in [0.717, 1.165) is 13.1 Å². The molecule has 0 aromatic carbocycles. The SMILES string of the molecule is CN(S(=O)(=O)CCCl)S(=O)(=O)N=C=O. The molecule has 0 aliphatic heterocycles. The van der Waals surface area contributed by atoms with Crippen LogP contribution in [0.15, 0.2) is 4.40 Å². The van der Waals surface area contributed by atoms with E-state index in [1.165, 1.54) is 0 Å². The zero-order valence-electron chi connectivity index (χ0n) is 7.04. The summed E-state index contributed by atoms with van der Waals surface area (Å²) < 4.78 is 46.5. The van der Waals surface area contributed by atoms with Crippen molar-refractivity contribution >= 4 is 37.9 Å². The van der Waals surface area contributed by atoms with Crippen molar-refractivity contribution < 1.29 is 21.6 Å². The number of hydrogen-bond donors (Lipinski definition) is 0. The highest BCUT2D eigenvalue weighted by Gasteiger charge is 2.29. The molecule has 82 valence electrons. The van der Waals surface area contributed by atoms with E-state index in [2.05, 4.69) is 4.40 Å². The molecule has 0 bridgehead atoms. The first-order valence-corrected chi connectivity index (χ1v) is 6.69. The van der Waals surface area contributed by atoms with Crippen LogP contribution >= 0.6 is 11.6 Å². The van der Waals surface area contributed by atoms with Crippen LogP contribution < -0.4 is 0 Å². The maximum absolute atomic E-state index is 11.1. The molecule has 7 nitrogen and oxygen atoms in total. The molecule has 0 spiro atoms. The Morgan fingerprint density at radius 1 is 1.36 bits per heavy atom. The molecule has 0 amide bonds. The molecule has 0 aromatic heterocycles. The summed E-state index contributed by atoms with van der Waals surface area (Å²) in [5.41, 5.74) is 0. The number of rotatable bonds is 5. The van der Waals surface area contributed by atoms with Crippen LogP contribution in [0.2, 0.25) is 0 Å². The molecular formula is C4H7ClN2O5S2. The summed E-state index contributed by atoms with van der Waals surface area (Å²) in [6.45, 7) is 0. The zero-order valence-corrected chi connectivity index (χ0v) is 9.43. The lowest BCUT2D eigenvalue weighted by Crippen LogP contribution is -2.34. The number of sulfonamides is 1. The third-order valence-corrected chi connectivity index (χ3v) is 5.32. The second-order valence-electron chi connectivity index (χ2n) is 2.05. The number of hydrogen-bond acceptors (Lipinski definition) is 5. The number of nitrogens with zero attached hydrogens (tertiary/aromatic N) is 2. The van der Waals surface area contributed by atoms with Crippen LogP contribution in [0.1, 0.15) is 0 Å². The Labute approximate surface area is 86.6 Å². The molecule has 0 aliphatic rings. The molecule has 0 radical (unpaired) electrons. The number of isocyanates is 1. The van der Waals surface area contributed by atoms with Crippen molar-refractivity contribution in [3.05, 3.63) is 0 Å². The molecule has 0 saturated heterocycles. The van der Waals surface area contributed by atoms with Crippen molar-refractivity contribution in [1.29, 1.82) is 0 Å². The highest BCUT2D eigenvalue weighted by atomic mass is 35.5. The quantitative estimate of drug-likeness (QED) is 0.362. The molecule has 0 N–H and O–H groups in total. The Balaban J connectivity index is 5.17. The van der Waals surface area contributed by atoms with E-state index in [9.17, 15) is 21.6 Å². The van der Waals surface area contributed by atoms with Gasteiger partial charge in [0.2, 0.25) is 10.0 Å². The second-order valence-corrected chi connectivity index (χ2v) is 6.40. The van der Waals surface area contributed by atoms with Crippen molar-refractivity contribution in [2.24, 2.45) is 4.40 Å². The van der Waals surface area contributed by atoms with Gasteiger partial charge >= 0.3 is 10.2 Å². The normalized spacial score (nSPS) is 12.5. The molecule has 10 heteroatoms. The summed E-state index contributed by atoms with van der Waals surface area (Å²) in [7, 11) is -7.79. The highest BCUT2D eigenvalue weighted by Crippen LogP contribution is 2.07. The molecule has 14 heavy (non-hydrogen) atoms. The van der Waals surface area contributed by atoms with Crippen molar-refractivity contribution in [3.8, 4) is 0 Å². The Morgan fingerprint density at radius 3 is 2.21 bits per heavy atom. The van der Waals surface area contributed by atoms with E-state index in [4.69, 9.17) is 11.6 Å². The largest absolute Gasteiger partial charge is 0.345 e. The lowest BCUT2D eigenvalue weighted by atomic mass is 11.0. The summed E-state index contributed by atoms with van der Waals surface area (Å²) in [6, 6.07) is 0. The van der Waals surface area contributed by atoms with E-state index in [0.29, 0.717) is 0 Å². The van der Waals surface area contributed by atoms with E-state index in [-0.39, 0.29) is 9.59 Å². The molecule has 0 saturated carbocycles. The lowest BCUT2D eigenvalue weighted by Gasteiger charge is -2.11. The molecule has 0 fully saturated rings. The van der Waals surface area contributed by atoms with Gasteiger partial charge in [-0.25, -0.2) is 13.2 Å². The van der Waals surface area contributed by atoms with Crippen molar-refractivity contribution in [2.45, 2.75) is 0 Å². The molecule has 0 atom stereocenters. The van der Waals surface area contributed by atoms with Gasteiger partial charge in [-0.05, 0) is 0 Å². The highest BCUT2D eigenvalue weighted by molar-refractivity contribution is 8.03. The average molecular weight is 263 g/mol. The maximum atomic E-state index is 11.1. The van der Waals surface area contributed by atoms with Crippen molar-refractivity contribution in [1.82, 2.24) is 3.71 Å². The van der Waals surface area contributed by atoms with Crippen LogP contribution in [0.5, 0.6) is 0 Å². The first kappa shape index (κ1) is 13.5. The van der Waals surface area contributed by atoms with E-state index in [1.807, 2.05) is 0 Å². The van der Waals surface area contributed by atoms with Gasteiger partial charge in [-0.3, -0.25) is 0 Å². The van der Waals surface area contributed by atoms with E-state index in [1.54, 1.807) is 0 Å². The van der Waals surface area contributed by atoms with Crippen LogP contribution in [0.4, 0.5) is 0 Å². The standard InChI is InChI=1S/C4H7ClN2O5S2/c1-7(13(9,10)3-2-5)14(11,12)6-4-8/h2-3H2,1H3. The second kappa shape index (κ2) is 4.85. The fourth-order valence-electron chi connectivity index (χ4n) is 0.474. The van der Waals surface area contributed by atoms with Crippen LogP contribution in [-0.2, 0) is 25.0 Å². The van der Waals surface area contributed by atoms with Crippen molar-refractivity contribution in [3.63, 3.8) is 0 Å². The van der Waals surface area contributed by atoms with Crippen LogP contribution in [0.25, 0.3) is 0 Å². The summed E-state index contributed by atoms with van der Waals surface area (Å²) in [4.78, 5) is 9.69. The van der Waals surface area contributed by atoms with Crippen molar-refractivity contribution in [2.75, 3.05) is 18.7 Å². The first-order chi connectivity index (χ1) is 6.28. The van der Waals surface area contributed by atoms with Crippen LogP contribution in [0.3, 0.4) is 0 Å². The first-order valence-electron chi connectivity index (χ1n) is 3.15. The zero-order chi connectivity index (χ0) is 11.4. The maximum Gasteiger partial charge on any atom is 0.345 e. The van der Waals surface area contributed by atoms with Gasteiger partial charge in [0.15, 0.2) is 0 Å². The Kier molecular flexibility index (Phi) is 4.69. The smallest absolute Gasteiger partial charge is 0.211 e. The van der Waals surface area contributed by atoms with Gasteiger partial charge in [0, 0.05) is 12.9 Å².